The van der Waals surface area contributed by atoms with E-state index in [0.717, 1.165) is 19.4 Å². The molecule has 0 spiro atoms. The zero-order valence-electron chi connectivity index (χ0n) is 9.82. The second kappa shape index (κ2) is 5.13. The summed E-state index contributed by atoms with van der Waals surface area (Å²) in [5.41, 5.74) is 1.50. The van der Waals surface area contributed by atoms with E-state index >= 15 is 0 Å². The van der Waals surface area contributed by atoms with E-state index in [1.54, 1.807) is 0 Å². The first-order valence-electron chi connectivity index (χ1n) is 5.98. The molecule has 0 bridgehead atoms. The Morgan fingerprint density at radius 1 is 1.19 bits per heavy atom. The summed E-state index contributed by atoms with van der Waals surface area (Å²) in [7, 11) is 0. The SMILES string of the molecule is CCC1(NCc2ccccc2)C=CC=CC1. The average Bonchev–Trinajstić information content (AvgIpc) is 2.39. The smallest absolute Gasteiger partial charge is 0.0402 e. The molecule has 2 rings (SSSR count). The minimum Gasteiger partial charge on any atom is -0.304 e. The van der Waals surface area contributed by atoms with Gasteiger partial charge in [0.05, 0.1) is 0 Å². The molecule has 0 fully saturated rings. The zero-order chi connectivity index (χ0) is 11.3. The minimum absolute atomic E-state index is 0.157. The maximum atomic E-state index is 3.66. The van der Waals surface area contributed by atoms with Crippen molar-refractivity contribution in [3.63, 3.8) is 0 Å². The highest BCUT2D eigenvalue weighted by molar-refractivity contribution is 5.22. The molecule has 0 aromatic heterocycles. The molecule has 0 saturated heterocycles. The van der Waals surface area contributed by atoms with Crippen LogP contribution >= 0.6 is 0 Å². The highest BCUT2D eigenvalue weighted by Crippen LogP contribution is 2.22. The molecular weight excluding hydrogens is 194 g/mol. The Bertz CT molecular complexity index is 378. The molecule has 1 N–H and O–H groups in total. The molecule has 0 heterocycles. The molecule has 1 unspecified atom stereocenters. The molecule has 84 valence electrons. The van der Waals surface area contributed by atoms with Crippen molar-refractivity contribution in [3.05, 3.63) is 60.2 Å². The second-order valence-corrected chi connectivity index (χ2v) is 4.34. The molecule has 1 heteroatoms. The van der Waals surface area contributed by atoms with E-state index in [1.165, 1.54) is 5.56 Å². The topological polar surface area (TPSA) is 12.0 Å². The van der Waals surface area contributed by atoms with Gasteiger partial charge >= 0.3 is 0 Å². The van der Waals surface area contributed by atoms with Crippen LogP contribution < -0.4 is 5.32 Å². The maximum Gasteiger partial charge on any atom is 0.0402 e. The molecule has 0 aliphatic heterocycles. The third kappa shape index (κ3) is 2.61. The van der Waals surface area contributed by atoms with Gasteiger partial charge in [-0.3, -0.25) is 0 Å². The fraction of sp³-hybridized carbons (Fsp3) is 0.333. The summed E-state index contributed by atoms with van der Waals surface area (Å²) in [5, 5.41) is 3.66. The molecule has 1 nitrogen and oxygen atoms in total. The zero-order valence-corrected chi connectivity index (χ0v) is 9.82. The van der Waals surface area contributed by atoms with Gasteiger partial charge in [0.2, 0.25) is 0 Å². The summed E-state index contributed by atoms with van der Waals surface area (Å²) < 4.78 is 0. The van der Waals surface area contributed by atoms with Gasteiger partial charge in [0.25, 0.3) is 0 Å². The lowest BCUT2D eigenvalue weighted by atomic mass is 9.88. The third-order valence-electron chi connectivity index (χ3n) is 3.26. The standard InChI is InChI=1S/C15H19N/c1-2-15(11-7-4-8-12-15)16-13-14-9-5-3-6-10-14/h3-11,16H,2,12-13H2,1H3. The summed E-state index contributed by atoms with van der Waals surface area (Å²) in [6.07, 6.45) is 11.0. The molecule has 1 aliphatic rings. The Balaban J connectivity index is 1.98. The van der Waals surface area contributed by atoms with Crippen LogP contribution in [0.25, 0.3) is 0 Å². The first kappa shape index (κ1) is 11.2. The summed E-state index contributed by atoms with van der Waals surface area (Å²) in [4.78, 5) is 0. The highest BCUT2D eigenvalue weighted by Gasteiger charge is 2.23. The molecule has 1 aliphatic carbocycles. The quantitative estimate of drug-likeness (QED) is 0.808. The van der Waals surface area contributed by atoms with Gasteiger partial charge in [0.1, 0.15) is 0 Å². The Morgan fingerprint density at radius 2 is 2.00 bits per heavy atom. The molecule has 1 atom stereocenters. The highest BCUT2D eigenvalue weighted by atomic mass is 15.0. The summed E-state index contributed by atoms with van der Waals surface area (Å²) in [5.74, 6) is 0. The van der Waals surface area contributed by atoms with Crippen LogP contribution in [0, 0.1) is 0 Å². The van der Waals surface area contributed by atoms with Crippen LogP contribution in [0.4, 0.5) is 0 Å². The van der Waals surface area contributed by atoms with Gasteiger partial charge in [0, 0.05) is 12.1 Å². The van der Waals surface area contributed by atoms with Crippen LogP contribution in [0.2, 0.25) is 0 Å². The monoisotopic (exact) mass is 213 g/mol. The molecular formula is C15H19N. The van der Waals surface area contributed by atoms with E-state index in [-0.39, 0.29) is 5.54 Å². The normalized spacial score (nSPS) is 23.6. The molecule has 0 saturated carbocycles. The van der Waals surface area contributed by atoms with E-state index in [2.05, 4.69) is 66.9 Å². The predicted octanol–water partition coefficient (Wildman–Crippen LogP) is 3.44. The number of nitrogens with one attached hydrogen (secondary N) is 1. The Morgan fingerprint density at radius 3 is 2.62 bits per heavy atom. The lowest BCUT2D eigenvalue weighted by molar-refractivity contribution is 0.387. The summed E-state index contributed by atoms with van der Waals surface area (Å²) >= 11 is 0. The Hall–Kier alpha value is -1.34. The van der Waals surface area contributed by atoms with Crippen molar-refractivity contribution < 1.29 is 0 Å². The van der Waals surface area contributed by atoms with Gasteiger partial charge in [-0.2, -0.15) is 0 Å². The van der Waals surface area contributed by atoms with Gasteiger partial charge in [0.15, 0.2) is 0 Å². The molecule has 0 radical (unpaired) electrons. The van der Waals surface area contributed by atoms with Gasteiger partial charge < -0.3 is 5.32 Å². The average molecular weight is 213 g/mol. The molecule has 16 heavy (non-hydrogen) atoms. The van der Waals surface area contributed by atoms with Crippen molar-refractivity contribution in [2.75, 3.05) is 0 Å². The Kier molecular flexibility index (Phi) is 3.58. The first-order chi connectivity index (χ1) is 7.85. The molecule has 1 aromatic carbocycles. The van der Waals surface area contributed by atoms with Crippen LogP contribution in [0.5, 0.6) is 0 Å². The Labute approximate surface area is 97.9 Å². The van der Waals surface area contributed by atoms with Gasteiger partial charge in [-0.05, 0) is 18.4 Å². The van der Waals surface area contributed by atoms with Crippen LogP contribution in [-0.4, -0.2) is 5.54 Å². The van der Waals surface area contributed by atoms with E-state index in [4.69, 9.17) is 0 Å². The molecule has 1 aromatic rings. The first-order valence-corrected chi connectivity index (χ1v) is 5.98. The fourth-order valence-electron chi connectivity index (χ4n) is 2.06. The fourth-order valence-corrected chi connectivity index (χ4v) is 2.06. The van der Waals surface area contributed by atoms with Crippen molar-refractivity contribution >= 4 is 0 Å². The van der Waals surface area contributed by atoms with Crippen LogP contribution in [0.3, 0.4) is 0 Å². The third-order valence-corrected chi connectivity index (χ3v) is 3.26. The van der Waals surface area contributed by atoms with Crippen LogP contribution in [0.15, 0.2) is 54.6 Å². The van der Waals surface area contributed by atoms with E-state index in [1.807, 2.05) is 0 Å². The number of hydrogen-bond donors (Lipinski definition) is 1. The number of benzene rings is 1. The van der Waals surface area contributed by atoms with Crippen molar-refractivity contribution in [2.45, 2.75) is 31.8 Å². The van der Waals surface area contributed by atoms with Gasteiger partial charge in [-0.1, -0.05) is 61.6 Å². The number of hydrogen-bond acceptors (Lipinski definition) is 1. The van der Waals surface area contributed by atoms with Gasteiger partial charge in [-0.15, -0.1) is 0 Å². The van der Waals surface area contributed by atoms with E-state index < -0.39 is 0 Å². The van der Waals surface area contributed by atoms with E-state index in [0.29, 0.717) is 0 Å². The largest absolute Gasteiger partial charge is 0.304 e. The van der Waals surface area contributed by atoms with Gasteiger partial charge in [-0.25, -0.2) is 0 Å². The lowest BCUT2D eigenvalue weighted by Gasteiger charge is -2.31. The summed E-state index contributed by atoms with van der Waals surface area (Å²) in [6.45, 7) is 3.17. The predicted molar refractivity (Wildman–Crippen MR) is 69.2 cm³/mol. The van der Waals surface area contributed by atoms with Crippen LogP contribution in [0.1, 0.15) is 25.3 Å². The lowest BCUT2D eigenvalue weighted by Crippen LogP contribution is -2.42. The molecule has 0 amide bonds. The summed E-state index contributed by atoms with van der Waals surface area (Å²) in [6, 6.07) is 10.6. The van der Waals surface area contributed by atoms with Crippen molar-refractivity contribution in [3.8, 4) is 0 Å². The van der Waals surface area contributed by atoms with Crippen molar-refractivity contribution in [1.82, 2.24) is 5.32 Å². The van der Waals surface area contributed by atoms with Crippen molar-refractivity contribution in [1.29, 1.82) is 0 Å². The maximum absolute atomic E-state index is 3.66. The van der Waals surface area contributed by atoms with Crippen molar-refractivity contribution in [2.24, 2.45) is 0 Å². The number of rotatable bonds is 4. The van der Waals surface area contributed by atoms with E-state index in [9.17, 15) is 0 Å². The van der Waals surface area contributed by atoms with Crippen LogP contribution in [-0.2, 0) is 6.54 Å². The second-order valence-electron chi connectivity index (χ2n) is 4.34. The minimum atomic E-state index is 0.157. The number of allylic oxidation sites excluding steroid dienone is 2.